The molecular weight excluding hydrogens is 202 g/mol. The summed E-state index contributed by atoms with van der Waals surface area (Å²) in [5.41, 5.74) is 1.02. The molecule has 1 atom stereocenters. The van der Waals surface area contributed by atoms with Crippen LogP contribution in [0.1, 0.15) is 12.6 Å². The van der Waals surface area contributed by atoms with E-state index in [1.54, 1.807) is 6.07 Å². The Balaban J connectivity index is 1.95. The number of pyridine rings is 1. The van der Waals surface area contributed by atoms with E-state index in [9.17, 15) is 4.79 Å². The Morgan fingerprint density at radius 1 is 1.38 bits per heavy atom. The van der Waals surface area contributed by atoms with E-state index < -0.39 is 0 Å². The zero-order valence-corrected chi connectivity index (χ0v) is 9.70. The lowest BCUT2D eigenvalue weighted by molar-refractivity contribution is 0.182. The largest absolute Gasteiger partial charge is 0.326 e. The predicted molar refractivity (Wildman–Crippen MR) is 64.7 cm³/mol. The molecule has 16 heavy (non-hydrogen) atoms. The molecule has 1 aliphatic rings. The van der Waals surface area contributed by atoms with E-state index in [0.717, 1.165) is 38.3 Å². The van der Waals surface area contributed by atoms with Crippen molar-refractivity contribution in [2.45, 2.75) is 19.4 Å². The molecule has 1 saturated heterocycles. The maximum atomic E-state index is 11.2. The Bertz CT molecular complexity index is 382. The molecule has 1 fully saturated rings. The van der Waals surface area contributed by atoms with Gasteiger partial charge < -0.3 is 10.3 Å². The molecule has 2 heterocycles. The summed E-state index contributed by atoms with van der Waals surface area (Å²) in [6.07, 6.45) is 0.913. The average Bonchev–Trinajstić information content (AvgIpc) is 2.30. The van der Waals surface area contributed by atoms with Gasteiger partial charge in [0, 0.05) is 50.4 Å². The van der Waals surface area contributed by atoms with Crippen molar-refractivity contribution in [3.05, 3.63) is 34.2 Å². The van der Waals surface area contributed by atoms with Gasteiger partial charge in [0.15, 0.2) is 0 Å². The minimum atomic E-state index is -0.00925. The molecule has 88 valence electrons. The summed E-state index contributed by atoms with van der Waals surface area (Å²) in [6.45, 7) is 6.54. The van der Waals surface area contributed by atoms with E-state index in [0.29, 0.717) is 6.04 Å². The highest BCUT2D eigenvalue weighted by atomic mass is 16.1. The molecule has 0 bridgehead atoms. The fourth-order valence-electron chi connectivity index (χ4n) is 2.18. The lowest BCUT2D eigenvalue weighted by Gasteiger charge is -2.32. The van der Waals surface area contributed by atoms with Gasteiger partial charge in [-0.05, 0) is 13.0 Å². The molecule has 1 unspecified atom stereocenters. The molecule has 4 nitrogen and oxygen atoms in total. The van der Waals surface area contributed by atoms with Crippen molar-refractivity contribution in [3.8, 4) is 0 Å². The van der Waals surface area contributed by atoms with Crippen LogP contribution in [0.25, 0.3) is 0 Å². The van der Waals surface area contributed by atoms with Gasteiger partial charge >= 0.3 is 0 Å². The minimum Gasteiger partial charge on any atom is -0.326 e. The lowest BCUT2D eigenvalue weighted by Crippen LogP contribution is -2.48. The summed E-state index contributed by atoms with van der Waals surface area (Å²) in [5, 5.41) is 3.34. The summed E-state index contributed by atoms with van der Waals surface area (Å²) in [6, 6.07) is 5.85. The van der Waals surface area contributed by atoms with Gasteiger partial charge in [-0.1, -0.05) is 6.07 Å². The molecule has 0 radical (unpaired) electrons. The smallest absolute Gasteiger partial charge is 0.248 e. The van der Waals surface area contributed by atoms with Gasteiger partial charge in [0.05, 0.1) is 0 Å². The van der Waals surface area contributed by atoms with Crippen LogP contribution in [0.15, 0.2) is 23.0 Å². The predicted octanol–water partition coefficient (Wildman–Crippen LogP) is 0.211. The number of nitrogens with one attached hydrogen (secondary N) is 2. The van der Waals surface area contributed by atoms with Crippen LogP contribution in [0.4, 0.5) is 0 Å². The topological polar surface area (TPSA) is 48.1 Å². The number of aromatic nitrogens is 1. The standard InChI is InChI=1S/C12H19N3O/c1-10(15-7-5-13-6-8-15)9-11-3-2-4-12(16)14-11/h2-4,10,13H,5-9H2,1H3,(H,14,16). The lowest BCUT2D eigenvalue weighted by atomic mass is 10.1. The third kappa shape index (κ3) is 2.93. The van der Waals surface area contributed by atoms with Crippen molar-refractivity contribution in [2.24, 2.45) is 0 Å². The van der Waals surface area contributed by atoms with Gasteiger partial charge in [-0.3, -0.25) is 9.69 Å². The first-order chi connectivity index (χ1) is 7.75. The summed E-state index contributed by atoms with van der Waals surface area (Å²) < 4.78 is 0. The fraction of sp³-hybridized carbons (Fsp3) is 0.583. The Labute approximate surface area is 95.7 Å². The third-order valence-corrected chi connectivity index (χ3v) is 3.12. The Hall–Kier alpha value is -1.13. The number of piperazine rings is 1. The van der Waals surface area contributed by atoms with E-state index in [-0.39, 0.29) is 5.56 Å². The number of hydrogen-bond acceptors (Lipinski definition) is 3. The molecular formula is C12H19N3O. The van der Waals surface area contributed by atoms with Gasteiger partial charge in [-0.25, -0.2) is 0 Å². The van der Waals surface area contributed by atoms with Gasteiger partial charge in [-0.15, -0.1) is 0 Å². The first-order valence-electron chi connectivity index (χ1n) is 5.89. The van der Waals surface area contributed by atoms with E-state index in [4.69, 9.17) is 0 Å². The molecule has 1 aromatic heterocycles. The fourth-order valence-corrected chi connectivity index (χ4v) is 2.18. The van der Waals surface area contributed by atoms with Crippen LogP contribution in [0, 0.1) is 0 Å². The second-order valence-corrected chi connectivity index (χ2v) is 4.38. The van der Waals surface area contributed by atoms with Crippen molar-refractivity contribution in [3.63, 3.8) is 0 Å². The summed E-state index contributed by atoms with van der Waals surface area (Å²) in [7, 11) is 0. The average molecular weight is 221 g/mol. The van der Waals surface area contributed by atoms with Crippen LogP contribution in [-0.2, 0) is 6.42 Å². The van der Waals surface area contributed by atoms with Gasteiger partial charge in [-0.2, -0.15) is 0 Å². The monoisotopic (exact) mass is 221 g/mol. The normalized spacial score (nSPS) is 19.6. The second kappa shape index (κ2) is 5.27. The third-order valence-electron chi connectivity index (χ3n) is 3.12. The van der Waals surface area contributed by atoms with Crippen LogP contribution < -0.4 is 10.9 Å². The van der Waals surface area contributed by atoms with Crippen molar-refractivity contribution >= 4 is 0 Å². The summed E-state index contributed by atoms with van der Waals surface area (Å²) in [5.74, 6) is 0. The van der Waals surface area contributed by atoms with Crippen LogP contribution in [0.5, 0.6) is 0 Å². The molecule has 0 spiro atoms. The second-order valence-electron chi connectivity index (χ2n) is 4.38. The van der Waals surface area contributed by atoms with Crippen LogP contribution in [0.2, 0.25) is 0 Å². The van der Waals surface area contributed by atoms with Crippen molar-refractivity contribution in [2.75, 3.05) is 26.2 Å². The van der Waals surface area contributed by atoms with Crippen LogP contribution in [-0.4, -0.2) is 42.1 Å². The van der Waals surface area contributed by atoms with E-state index in [2.05, 4.69) is 22.1 Å². The Kier molecular flexibility index (Phi) is 3.74. The number of rotatable bonds is 3. The van der Waals surface area contributed by atoms with Crippen LogP contribution in [0.3, 0.4) is 0 Å². The number of H-pyrrole nitrogens is 1. The molecule has 2 rings (SSSR count). The SMILES string of the molecule is CC(Cc1cccc(=O)[nH]1)N1CCNCC1. The van der Waals surface area contributed by atoms with E-state index in [1.807, 2.05) is 12.1 Å². The Morgan fingerprint density at radius 2 is 2.12 bits per heavy atom. The Morgan fingerprint density at radius 3 is 2.81 bits per heavy atom. The highest BCUT2D eigenvalue weighted by molar-refractivity contribution is 5.05. The van der Waals surface area contributed by atoms with Gasteiger partial charge in [0.1, 0.15) is 0 Å². The van der Waals surface area contributed by atoms with Gasteiger partial charge in [0.25, 0.3) is 0 Å². The molecule has 0 saturated carbocycles. The molecule has 2 N–H and O–H groups in total. The summed E-state index contributed by atoms with van der Waals surface area (Å²) in [4.78, 5) is 16.5. The maximum absolute atomic E-state index is 11.2. The minimum absolute atomic E-state index is 0.00925. The molecule has 0 aliphatic carbocycles. The number of aromatic amines is 1. The zero-order chi connectivity index (χ0) is 11.4. The van der Waals surface area contributed by atoms with Crippen molar-refractivity contribution < 1.29 is 0 Å². The molecule has 1 aromatic rings. The van der Waals surface area contributed by atoms with Crippen molar-refractivity contribution in [1.82, 2.24) is 15.2 Å². The highest BCUT2D eigenvalue weighted by Crippen LogP contribution is 2.06. The van der Waals surface area contributed by atoms with Crippen LogP contribution >= 0.6 is 0 Å². The first kappa shape index (κ1) is 11.4. The molecule has 1 aliphatic heterocycles. The maximum Gasteiger partial charge on any atom is 0.248 e. The quantitative estimate of drug-likeness (QED) is 0.767. The zero-order valence-electron chi connectivity index (χ0n) is 9.70. The molecule has 4 heteroatoms. The van der Waals surface area contributed by atoms with Gasteiger partial charge in [0.2, 0.25) is 5.56 Å². The number of nitrogens with zero attached hydrogens (tertiary/aromatic N) is 1. The highest BCUT2D eigenvalue weighted by Gasteiger charge is 2.16. The summed E-state index contributed by atoms with van der Waals surface area (Å²) >= 11 is 0. The number of hydrogen-bond donors (Lipinski definition) is 2. The van der Waals surface area contributed by atoms with E-state index >= 15 is 0 Å². The van der Waals surface area contributed by atoms with E-state index in [1.165, 1.54) is 0 Å². The van der Waals surface area contributed by atoms with Crippen molar-refractivity contribution in [1.29, 1.82) is 0 Å². The molecule has 0 amide bonds. The molecule has 0 aromatic carbocycles. The first-order valence-corrected chi connectivity index (χ1v) is 5.89.